The van der Waals surface area contributed by atoms with E-state index in [1.165, 1.54) is 24.4 Å². The normalized spacial score (nSPS) is 20.6. The van der Waals surface area contributed by atoms with E-state index in [4.69, 9.17) is 14.5 Å². The highest BCUT2D eigenvalue weighted by Crippen LogP contribution is 2.47. The molecule has 0 saturated carbocycles. The predicted octanol–water partition coefficient (Wildman–Crippen LogP) is 8.88. The number of phenols is 1. The lowest BCUT2D eigenvalue weighted by Gasteiger charge is -2.38. The van der Waals surface area contributed by atoms with Crippen molar-refractivity contribution < 1.29 is 32.1 Å². The summed E-state index contributed by atoms with van der Waals surface area (Å²) in [6, 6.07) is 5.62. The third-order valence-corrected chi connectivity index (χ3v) is 18.3. The van der Waals surface area contributed by atoms with Crippen molar-refractivity contribution in [1.29, 1.82) is 0 Å². The first-order valence-corrected chi connectivity index (χ1v) is 21.3. The second kappa shape index (κ2) is 14.6. The average Bonchev–Trinajstić information content (AvgIpc) is 3.44. The molecule has 7 rings (SSSR count). The van der Waals surface area contributed by atoms with Crippen molar-refractivity contribution >= 4 is 35.6 Å². The lowest BCUT2D eigenvalue weighted by molar-refractivity contribution is 0.00803. The maximum Gasteiger partial charge on any atom is 0.319 e. The van der Waals surface area contributed by atoms with Crippen molar-refractivity contribution in [2.24, 2.45) is 0 Å². The van der Waals surface area contributed by atoms with Crippen LogP contribution in [0.25, 0.3) is 32.9 Å². The van der Waals surface area contributed by atoms with Gasteiger partial charge in [0, 0.05) is 43.3 Å². The number of pyridine rings is 1. The van der Waals surface area contributed by atoms with Gasteiger partial charge in [0.1, 0.15) is 43.3 Å². The van der Waals surface area contributed by atoms with Gasteiger partial charge in [0.15, 0.2) is 5.82 Å². The fourth-order valence-corrected chi connectivity index (χ4v) is 14.7. The highest BCUT2D eigenvalue weighted by Gasteiger charge is 2.57. The second-order valence-electron chi connectivity index (χ2n) is 16.2. The molecule has 1 N–H and O–H groups in total. The zero-order chi connectivity index (χ0) is 38.6. The molecule has 0 aliphatic carbocycles. The van der Waals surface area contributed by atoms with Crippen LogP contribution in [0.5, 0.6) is 11.8 Å². The highest BCUT2D eigenvalue weighted by atomic mass is 28.3. The zero-order valence-corrected chi connectivity index (χ0v) is 32.9. The summed E-state index contributed by atoms with van der Waals surface area (Å²) in [6.45, 7) is 15.3. The van der Waals surface area contributed by atoms with E-state index in [1.54, 1.807) is 11.0 Å². The van der Waals surface area contributed by atoms with Gasteiger partial charge in [-0.05, 0) is 66.0 Å². The van der Waals surface area contributed by atoms with E-state index in [0.717, 1.165) is 6.42 Å². The van der Waals surface area contributed by atoms with Gasteiger partial charge >= 0.3 is 6.01 Å². The predicted molar refractivity (Wildman–Crippen MR) is 206 cm³/mol. The summed E-state index contributed by atoms with van der Waals surface area (Å²) in [5.41, 5.74) is 3.69. The first kappa shape index (κ1) is 38.3. The van der Waals surface area contributed by atoms with Crippen molar-refractivity contribution in [3.8, 4) is 34.5 Å². The van der Waals surface area contributed by atoms with Crippen molar-refractivity contribution in [2.45, 2.75) is 95.3 Å². The van der Waals surface area contributed by atoms with Gasteiger partial charge in [-0.3, -0.25) is 9.88 Å². The van der Waals surface area contributed by atoms with Crippen LogP contribution in [0.4, 0.5) is 23.4 Å². The van der Waals surface area contributed by atoms with Crippen LogP contribution >= 0.6 is 0 Å². The molecular weight excluding hydrogens is 715 g/mol. The number of benzene rings is 2. The number of hydrogen-bond acceptors (Lipinski definition) is 8. The molecule has 1 atom stereocenters. The first-order chi connectivity index (χ1) is 25.7. The molecule has 0 spiro atoms. The topological polar surface area (TPSA) is 83.8 Å². The van der Waals surface area contributed by atoms with Crippen molar-refractivity contribution in [3.05, 3.63) is 47.7 Å². The Morgan fingerprint density at radius 1 is 0.981 bits per heavy atom. The molecular formula is C41H49F4N5O3Si. The van der Waals surface area contributed by atoms with Gasteiger partial charge in [0.25, 0.3) is 5.92 Å². The quantitative estimate of drug-likeness (QED) is 0.108. The van der Waals surface area contributed by atoms with Crippen molar-refractivity contribution in [1.82, 2.24) is 19.9 Å². The van der Waals surface area contributed by atoms with Crippen LogP contribution in [-0.4, -0.2) is 90.5 Å². The molecule has 288 valence electrons. The number of hydrogen-bond donors (Lipinski definition) is 1. The summed E-state index contributed by atoms with van der Waals surface area (Å²) in [5, 5.41) is 12.0. The molecule has 3 aliphatic rings. The van der Waals surface area contributed by atoms with E-state index in [0.29, 0.717) is 84.3 Å². The molecule has 13 heteroatoms. The SMILES string of the molecule is CC(C)[Si](C#Cc1c(F)ccc2cc(O)cc(-c3ncc4c(N5CCCOCC5)nc(OCC56CCCN5CC(F)(F)C6)nc4c3F)c12)(C(C)C)C(C)C. The van der Waals surface area contributed by atoms with Gasteiger partial charge in [-0.1, -0.05) is 53.5 Å². The molecule has 0 bridgehead atoms. The molecule has 2 aromatic heterocycles. The maximum absolute atomic E-state index is 17.2. The van der Waals surface area contributed by atoms with Crippen LogP contribution < -0.4 is 9.64 Å². The Morgan fingerprint density at radius 3 is 2.48 bits per heavy atom. The Kier molecular flexibility index (Phi) is 10.3. The molecule has 1 unspecified atom stereocenters. The third kappa shape index (κ3) is 6.79. The van der Waals surface area contributed by atoms with E-state index in [9.17, 15) is 13.9 Å². The van der Waals surface area contributed by atoms with E-state index >= 15 is 8.78 Å². The van der Waals surface area contributed by atoms with Crippen LogP contribution in [0.1, 0.15) is 72.8 Å². The van der Waals surface area contributed by atoms with Gasteiger partial charge in [-0.15, -0.1) is 5.54 Å². The summed E-state index contributed by atoms with van der Waals surface area (Å²) in [7, 11) is -2.30. The lowest BCUT2D eigenvalue weighted by Crippen LogP contribution is -2.43. The minimum atomic E-state index is -2.83. The molecule has 3 aliphatic heterocycles. The Labute approximate surface area is 315 Å². The van der Waals surface area contributed by atoms with Crippen LogP contribution in [0, 0.1) is 23.1 Å². The number of ether oxygens (including phenoxy) is 2. The van der Waals surface area contributed by atoms with Gasteiger partial charge in [-0.2, -0.15) is 9.97 Å². The Balaban J connectivity index is 1.40. The molecule has 0 amide bonds. The molecule has 0 radical (unpaired) electrons. The largest absolute Gasteiger partial charge is 0.508 e. The van der Waals surface area contributed by atoms with Crippen LogP contribution in [-0.2, 0) is 4.74 Å². The minimum Gasteiger partial charge on any atom is -0.508 e. The van der Waals surface area contributed by atoms with E-state index in [2.05, 4.69) is 63.0 Å². The Morgan fingerprint density at radius 2 is 1.74 bits per heavy atom. The Hall–Kier alpha value is -3.99. The summed E-state index contributed by atoms with van der Waals surface area (Å²) >= 11 is 0. The van der Waals surface area contributed by atoms with Crippen LogP contribution in [0.15, 0.2) is 30.5 Å². The summed E-state index contributed by atoms with van der Waals surface area (Å²) in [6.07, 6.45) is 3.20. The third-order valence-electron chi connectivity index (χ3n) is 12.0. The van der Waals surface area contributed by atoms with Crippen LogP contribution in [0.3, 0.4) is 0 Å². The number of rotatable bonds is 8. The fourth-order valence-electron chi connectivity index (χ4n) is 9.48. The van der Waals surface area contributed by atoms with E-state index < -0.39 is 31.2 Å². The number of anilines is 1. The fraction of sp³-hybridized carbons (Fsp3) is 0.537. The van der Waals surface area contributed by atoms with Crippen LogP contribution in [0.2, 0.25) is 16.6 Å². The van der Waals surface area contributed by atoms with E-state index in [1.807, 2.05) is 4.90 Å². The number of phenolic OH excluding ortho intramolecular Hbond substituents is 1. The molecule has 2 aromatic carbocycles. The smallest absolute Gasteiger partial charge is 0.319 e. The van der Waals surface area contributed by atoms with Crippen molar-refractivity contribution in [2.75, 3.05) is 50.9 Å². The maximum atomic E-state index is 17.2. The standard InChI is InChI=1S/C41H49F4N5O3Si/c1-25(2)54(26(3)4,27(5)6)18-11-30-33(42)10-9-28-19-29(51)20-31(34(28)30)36-35(43)37-32(21-46-36)38(49-13-8-16-52-17-15-49)48-39(47-37)53-24-40-12-7-14-50(40)23-41(44,45)22-40/h9-10,19-21,25-27,51H,7-8,12-17,22-24H2,1-6H3. The first-order valence-electron chi connectivity index (χ1n) is 19.1. The monoisotopic (exact) mass is 763 g/mol. The molecule has 3 fully saturated rings. The number of aromatic nitrogens is 3. The molecule has 4 aromatic rings. The lowest BCUT2D eigenvalue weighted by atomic mass is 9.94. The van der Waals surface area contributed by atoms with Gasteiger partial charge in [-0.25, -0.2) is 17.6 Å². The number of fused-ring (bicyclic) bond motifs is 3. The Bertz CT molecular complexity index is 2110. The summed E-state index contributed by atoms with van der Waals surface area (Å²) in [4.78, 5) is 17.6. The number of alkyl halides is 2. The zero-order valence-electron chi connectivity index (χ0n) is 31.9. The highest BCUT2D eigenvalue weighted by molar-refractivity contribution is 6.90. The second-order valence-corrected chi connectivity index (χ2v) is 21.8. The molecule has 8 nitrogen and oxygen atoms in total. The van der Waals surface area contributed by atoms with Gasteiger partial charge < -0.3 is 19.5 Å². The summed E-state index contributed by atoms with van der Waals surface area (Å²) < 4.78 is 74.3. The van der Waals surface area contributed by atoms with Crippen molar-refractivity contribution in [3.63, 3.8) is 0 Å². The number of nitrogens with zero attached hydrogens (tertiary/aromatic N) is 5. The number of halogens is 4. The summed E-state index contributed by atoms with van der Waals surface area (Å²) in [5.74, 6) is -0.701. The van der Waals surface area contributed by atoms with E-state index in [-0.39, 0.29) is 53.7 Å². The molecule has 5 heterocycles. The minimum absolute atomic E-state index is 0.0668. The molecule has 54 heavy (non-hydrogen) atoms. The van der Waals surface area contributed by atoms with Gasteiger partial charge in [0.05, 0.1) is 29.6 Å². The van der Waals surface area contributed by atoms with Gasteiger partial charge in [0.2, 0.25) is 0 Å². The average molecular weight is 764 g/mol. The number of aromatic hydroxyl groups is 1. The molecule has 3 saturated heterocycles.